The molecule has 3 rings (SSSR count). The van der Waals surface area contributed by atoms with Gasteiger partial charge in [-0.15, -0.1) is 0 Å². The number of benzene rings is 1. The second-order valence-corrected chi connectivity index (χ2v) is 4.65. The van der Waals surface area contributed by atoms with Gasteiger partial charge in [0.05, 0.1) is 12.8 Å². The van der Waals surface area contributed by atoms with E-state index in [9.17, 15) is 0 Å². The number of aryl methyl sites for hydroxylation is 1. The topological polar surface area (TPSA) is 35.0 Å². The number of fused-ring (bicyclic) bond motifs is 1. The van der Waals surface area contributed by atoms with Gasteiger partial charge in [0.25, 0.3) is 0 Å². The summed E-state index contributed by atoms with van der Waals surface area (Å²) in [5.74, 6) is 1.92. The lowest BCUT2D eigenvalue weighted by atomic mass is 9.97. The van der Waals surface area contributed by atoms with Crippen molar-refractivity contribution >= 4 is 0 Å². The van der Waals surface area contributed by atoms with Gasteiger partial charge in [-0.05, 0) is 25.3 Å². The van der Waals surface area contributed by atoms with E-state index in [-0.39, 0.29) is 0 Å². The van der Waals surface area contributed by atoms with Gasteiger partial charge in [-0.25, -0.2) is 4.98 Å². The number of methoxy groups -OCH3 is 1. The lowest BCUT2D eigenvalue weighted by Gasteiger charge is -2.12. The van der Waals surface area contributed by atoms with E-state index >= 15 is 0 Å². The highest BCUT2D eigenvalue weighted by Gasteiger charge is 2.29. The lowest BCUT2D eigenvalue weighted by Crippen LogP contribution is -2.04. The van der Waals surface area contributed by atoms with Crippen LogP contribution in [-0.4, -0.2) is 17.1 Å². The fraction of sp³-hybridized carbons (Fsp3) is 0.333. The summed E-state index contributed by atoms with van der Waals surface area (Å²) in [4.78, 5) is 8.99. The summed E-state index contributed by atoms with van der Waals surface area (Å²) in [6, 6.07) is 10.6. The smallest absolute Gasteiger partial charge is 0.219 e. The molecule has 0 saturated heterocycles. The summed E-state index contributed by atoms with van der Waals surface area (Å²) >= 11 is 0. The molecule has 0 radical (unpaired) electrons. The number of hydrogen-bond acceptors (Lipinski definition) is 3. The van der Waals surface area contributed by atoms with Crippen LogP contribution in [0.4, 0.5) is 0 Å². The number of aromatic nitrogens is 2. The van der Waals surface area contributed by atoms with Crippen LogP contribution in [0.15, 0.2) is 30.3 Å². The summed E-state index contributed by atoms with van der Waals surface area (Å²) in [7, 11) is 1.68. The van der Waals surface area contributed by atoms with Crippen LogP contribution in [0.3, 0.4) is 0 Å². The van der Waals surface area contributed by atoms with E-state index in [0.29, 0.717) is 5.92 Å². The van der Waals surface area contributed by atoms with E-state index in [2.05, 4.69) is 34.2 Å². The molecule has 1 aliphatic carbocycles. The largest absolute Gasteiger partial charge is 0.481 e. The zero-order chi connectivity index (χ0) is 12.5. The number of ether oxygens (including phenoxy) is 1. The van der Waals surface area contributed by atoms with Crippen LogP contribution in [0.25, 0.3) is 0 Å². The minimum Gasteiger partial charge on any atom is -0.481 e. The van der Waals surface area contributed by atoms with Crippen LogP contribution < -0.4 is 4.74 Å². The molecule has 0 saturated carbocycles. The molecule has 1 atom stereocenters. The Morgan fingerprint density at radius 3 is 2.67 bits per heavy atom. The van der Waals surface area contributed by atoms with E-state index < -0.39 is 0 Å². The third-order valence-electron chi connectivity index (χ3n) is 3.52. The molecule has 0 N–H and O–H groups in total. The Bertz CT molecular complexity index is 566. The van der Waals surface area contributed by atoms with Crippen LogP contribution in [0.2, 0.25) is 0 Å². The summed E-state index contributed by atoms with van der Waals surface area (Å²) in [6.07, 6.45) is 2.09. The van der Waals surface area contributed by atoms with Gasteiger partial charge in [-0.3, -0.25) is 0 Å². The molecule has 1 unspecified atom stereocenters. The first kappa shape index (κ1) is 11.2. The fourth-order valence-electron chi connectivity index (χ4n) is 2.72. The first-order valence-corrected chi connectivity index (χ1v) is 6.26. The zero-order valence-electron chi connectivity index (χ0n) is 10.7. The van der Waals surface area contributed by atoms with E-state index in [0.717, 1.165) is 30.2 Å². The summed E-state index contributed by atoms with van der Waals surface area (Å²) in [6.45, 7) is 1.92. The molecule has 0 amide bonds. The first-order valence-electron chi connectivity index (χ1n) is 6.26. The highest BCUT2D eigenvalue weighted by molar-refractivity contribution is 5.42. The Balaban J connectivity index is 2.09. The maximum Gasteiger partial charge on any atom is 0.219 e. The van der Waals surface area contributed by atoms with Crippen LogP contribution in [-0.2, 0) is 6.42 Å². The Kier molecular flexibility index (Phi) is 2.74. The Labute approximate surface area is 107 Å². The minimum absolute atomic E-state index is 0.386. The van der Waals surface area contributed by atoms with Crippen molar-refractivity contribution in [2.45, 2.75) is 25.7 Å². The molecular weight excluding hydrogens is 224 g/mol. The van der Waals surface area contributed by atoms with Crippen LogP contribution in [0.1, 0.15) is 35.0 Å². The van der Waals surface area contributed by atoms with Crippen molar-refractivity contribution < 1.29 is 4.74 Å². The van der Waals surface area contributed by atoms with Gasteiger partial charge in [0.2, 0.25) is 5.88 Å². The first-order chi connectivity index (χ1) is 8.79. The van der Waals surface area contributed by atoms with Gasteiger partial charge in [0.15, 0.2) is 0 Å². The fourth-order valence-corrected chi connectivity index (χ4v) is 2.72. The van der Waals surface area contributed by atoms with Crippen molar-refractivity contribution in [1.29, 1.82) is 0 Å². The van der Waals surface area contributed by atoms with Crippen LogP contribution >= 0.6 is 0 Å². The Hall–Kier alpha value is -1.90. The third kappa shape index (κ3) is 1.76. The molecule has 0 bridgehead atoms. The van der Waals surface area contributed by atoms with Crippen LogP contribution in [0, 0.1) is 6.92 Å². The molecule has 0 spiro atoms. The summed E-state index contributed by atoms with van der Waals surface area (Å²) < 4.78 is 5.37. The predicted octanol–water partition coefficient (Wildman–Crippen LogP) is 2.87. The molecule has 1 aromatic heterocycles. The van der Waals surface area contributed by atoms with Crippen molar-refractivity contribution in [2.75, 3.05) is 7.11 Å². The maximum absolute atomic E-state index is 5.37. The summed E-state index contributed by atoms with van der Waals surface area (Å²) in [5.41, 5.74) is 3.65. The van der Waals surface area contributed by atoms with Gasteiger partial charge >= 0.3 is 0 Å². The van der Waals surface area contributed by atoms with Crippen molar-refractivity contribution in [1.82, 2.24) is 9.97 Å². The molecule has 92 valence electrons. The SMILES string of the molecule is COc1nc(C)nc2c1CCC2c1ccccc1. The molecule has 1 aliphatic rings. The van der Waals surface area contributed by atoms with Crippen molar-refractivity contribution in [3.8, 4) is 5.88 Å². The molecule has 3 nitrogen and oxygen atoms in total. The van der Waals surface area contributed by atoms with E-state index in [1.54, 1.807) is 7.11 Å². The molecule has 3 heteroatoms. The molecule has 1 heterocycles. The molecule has 0 aliphatic heterocycles. The lowest BCUT2D eigenvalue weighted by molar-refractivity contribution is 0.390. The highest BCUT2D eigenvalue weighted by atomic mass is 16.5. The van der Waals surface area contributed by atoms with E-state index in [1.807, 2.05) is 13.0 Å². The summed E-state index contributed by atoms with van der Waals surface area (Å²) in [5, 5.41) is 0. The van der Waals surface area contributed by atoms with E-state index in [4.69, 9.17) is 4.74 Å². The monoisotopic (exact) mass is 240 g/mol. The van der Waals surface area contributed by atoms with Crippen LogP contribution in [0.5, 0.6) is 5.88 Å². The molecule has 0 fully saturated rings. The van der Waals surface area contributed by atoms with Crippen molar-refractivity contribution in [3.05, 3.63) is 53.0 Å². The average molecular weight is 240 g/mol. The molecule has 2 aromatic rings. The number of nitrogens with zero attached hydrogens (tertiary/aromatic N) is 2. The quantitative estimate of drug-likeness (QED) is 0.809. The maximum atomic E-state index is 5.37. The second kappa shape index (κ2) is 4.41. The zero-order valence-corrected chi connectivity index (χ0v) is 10.7. The van der Waals surface area contributed by atoms with Gasteiger partial charge in [0, 0.05) is 11.5 Å². The standard InChI is InChI=1S/C15H16N2O/c1-10-16-14-12(11-6-4-3-5-7-11)8-9-13(14)15(17-10)18-2/h3-7,12H,8-9H2,1-2H3. The molecule has 18 heavy (non-hydrogen) atoms. The average Bonchev–Trinajstić information content (AvgIpc) is 2.82. The highest BCUT2D eigenvalue weighted by Crippen LogP contribution is 2.39. The predicted molar refractivity (Wildman–Crippen MR) is 69.9 cm³/mol. The van der Waals surface area contributed by atoms with Crippen molar-refractivity contribution in [3.63, 3.8) is 0 Å². The Morgan fingerprint density at radius 2 is 1.94 bits per heavy atom. The van der Waals surface area contributed by atoms with Gasteiger partial charge in [0.1, 0.15) is 5.82 Å². The van der Waals surface area contributed by atoms with Crippen molar-refractivity contribution in [2.24, 2.45) is 0 Å². The van der Waals surface area contributed by atoms with Gasteiger partial charge in [-0.1, -0.05) is 30.3 Å². The second-order valence-electron chi connectivity index (χ2n) is 4.65. The minimum atomic E-state index is 0.386. The molecule has 1 aromatic carbocycles. The number of hydrogen-bond donors (Lipinski definition) is 0. The number of rotatable bonds is 2. The van der Waals surface area contributed by atoms with E-state index in [1.165, 1.54) is 11.1 Å². The van der Waals surface area contributed by atoms with Gasteiger partial charge in [-0.2, -0.15) is 4.98 Å². The normalized spacial score (nSPS) is 17.6. The van der Waals surface area contributed by atoms with Gasteiger partial charge < -0.3 is 4.74 Å². The third-order valence-corrected chi connectivity index (χ3v) is 3.52. The molecular formula is C15H16N2O. The Morgan fingerprint density at radius 1 is 1.17 bits per heavy atom.